The highest BCUT2D eigenvalue weighted by molar-refractivity contribution is 5.95. The summed E-state index contributed by atoms with van der Waals surface area (Å²) < 4.78 is 0. The molecule has 2 rings (SSSR count). The third kappa shape index (κ3) is 1.44. The zero-order valence-electron chi connectivity index (χ0n) is 7.92. The van der Waals surface area contributed by atoms with Crippen LogP contribution in [0.5, 0.6) is 0 Å². The molecule has 0 aromatic heterocycles. The fourth-order valence-corrected chi connectivity index (χ4v) is 1.75. The van der Waals surface area contributed by atoms with E-state index in [2.05, 4.69) is 12.2 Å². The lowest BCUT2D eigenvalue weighted by Gasteiger charge is -2.03. The van der Waals surface area contributed by atoms with Gasteiger partial charge in [-0.25, -0.2) is 0 Å². The summed E-state index contributed by atoms with van der Waals surface area (Å²) in [6.07, 6.45) is 1.06. The fraction of sp³-hybridized carbons (Fsp3) is 0.364. The van der Waals surface area contributed by atoms with E-state index in [1.54, 1.807) is 6.92 Å². The third-order valence-corrected chi connectivity index (χ3v) is 2.44. The Labute approximate surface area is 78.0 Å². The molecular weight excluding hydrogens is 162 g/mol. The summed E-state index contributed by atoms with van der Waals surface area (Å²) in [6.45, 7) is 3.74. The molecule has 2 heteroatoms. The highest BCUT2D eigenvalue weighted by Gasteiger charge is 2.16. The molecule has 0 radical (unpaired) electrons. The second-order valence-electron chi connectivity index (χ2n) is 3.68. The van der Waals surface area contributed by atoms with Gasteiger partial charge < -0.3 is 5.32 Å². The number of Topliss-reactive ketones (excluding diaryl/α,β-unsaturated/α-hetero) is 1. The largest absolute Gasteiger partial charge is 0.382 e. The Morgan fingerprint density at radius 2 is 2.31 bits per heavy atom. The van der Waals surface area contributed by atoms with Gasteiger partial charge >= 0.3 is 0 Å². The van der Waals surface area contributed by atoms with Crippen LogP contribution in [0.25, 0.3) is 0 Å². The number of carbonyl (C=O) groups excluding carboxylic acids is 1. The molecule has 0 saturated heterocycles. The first-order valence-corrected chi connectivity index (χ1v) is 4.57. The van der Waals surface area contributed by atoms with Gasteiger partial charge in [0, 0.05) is 17.3 Å². The summed E-state index contributed by atoms with van der Waals surface area (Å²) in [7, 11) is 0. The molecule has 1 unspecified atom stereocenters. The molecule has 1 N–H and O–H groups in total. The first-order valence-electron chi connectivity index (χ1n) is 4.57. The Morgan fingerprint density at radius 3 is 3.00 bits per heavy atom. The fourth-order valence-electron chi connectivity index (χ4n) is 1.75. The van der Waals surface area contributed by atoms with E-state index < -0.39 is 0 Å². The van der Waals surface area contributed by atoms with Crippen LogP contribution in [0.3, 0.4) is 0 Å². The first kappa shape index (κ1) is 8.30. The molecule has 1 aliphatic rings. The van der Waals surface area contributed by atoms with Gasteiger partial charge in [0.1, 0.15) is 0 Å². The Morgan fingerprint density at radius 1 is 1.54 bits per heavy atom. The van der Waals surface area contributed by atoms with Crippen molar-refractivity contribution in [2.45, 2.75) is 26.3 Å². The number of hydrogen-bond acceptors (Lipinski definition) is 2. The molecule has 0 fully saturated rings. The smallest absolute Gasteiger partial charge is 0.159 e. The van der Waals surface area contributed by atoms with Gasteiger partial charge in [-0.3, -0.25) is 4.79 Å². The van der Waals surface area contributed by atoms with Crippen molar-refractivity contribution in [3.8, 4) is 0 Å². The number of hydrogen-bond donors (Lipinski definition) is 1. The predicted octanol–water partition coefficient (Wildman–Crippen LogP) is 2.25. The van der Waals surface area contributed by atoms with Gasteiger partial charge in [-0.05, 0) is 31.9 Å². The summed E-state index contributed by atoms with van der Waals surface area (Å²) in [4.78, 5) is 11.1. The van der Waals surface area contributed by atoms with E-state index in [1.807, 2.05) is 18.2 Å². The van der Waals surface area contributed by atoms with Crippen molar-refractivity contribution in [2.75, 3.05) is 5.32 Å². The monoisotopic (exact) mass is 175 g/mol. The molecular formula is C11H13NO. The van der Waals surface area contributed by atoms with Gasteiger partial charge in [0.2, 0.25) is 0 Å². The normalized spacial score (nSPS) is 19.4. The lowest BCUT2D eigenvalue weighted by molar-refractivity contribution is 0.101. The number of carbonyl (C=O) groups is 1. The molecule has 13 heavy (non-hydrogen) atoms. The summed E-state index contributed by atoms with van der Waals surface area (Å²) in [6, 6.07) is 6.39. The van der Waals surface area contributed by atoms with Gasteiger partial charge in [-0.15, -0.1) is 0 Å². The number of rotatable bonds is 1. The summed E-state index contributed by atoms with van der Waals surface area (Å²) >= 11 is 0. The number of benzene rings is 1. The molecule has 0 saturated carbocycles. The van der Waals surface area contributed by atoms with E-state index in [9.17, 15) is 4.79 Å². The standard InChI is InChI=1S/C11H13NO/c1-7-5-10-4-3-9(8(2)13)6-11(10)12-7/h3-4,6-7,12H,5H2,1-2H3. The zero-order valence-corrected chi connectivity index (χ0v) is 7.92. The summed E-state index contributed by atoms with van der Waals surface area (Å²) in [5.41, 5.74) is 3.23. The molecule has 0 spiro atoms. The highest BCUT2D eigenvalue weighted by Crippen LogP contribution is 2.26. The van der Waals surface area contributed by atoms with Crippen LogP contribution in [0.4, 0.5) is 5.69 Å². The summed E-state index contributed by atoms with van der Waals surface area (Å²) in [5, 5.41) is 3.34. The number of fused-ring (bicyclic) bond motifs is 1. The number of ketones is 1. The van der Waals surface area contributed by atoms with Gasteiger partial charge in [0.05, 0.1) is 0 Å². The van der Waals surface area contributed by atoms with E-state index in [0.717, 1.165) is 17.7 Å². The second kappa shape index (κ2) is 2.87. The van der Waals surface area contributed by atoms with Gasteiger partial charge in [0.15, 0.2) is 5.78 Å². The van der Waals surface area contributed by atoms with Crippen LogP contribution in [0.2, 0.25) is 0 Å². The van der Waals surface area contributed by atoms with E-state index in [-0.39, 0.29) is 5.78 Å². The molecule has 2 nitrogen and oxygen atoms in total. The number of nitrogens with one attached hydrogen (secondary N) is 1. The average molecular weight is 175 g/mol. The minimum atomic E-state index is 0.129. The van der Waals surface area contributed by atoms with E-state index >= 15 is 0 Å². The van der Waals surface area contributed by atoms with Crippen molar-refractivity contribution in [2.24, 2.45) is 0 Å². The van der Waals surface area contributed by atoms with Crippen LogP contribution < -0.4 is 5.32 Å². The molecule has 68 valence electrons. The molecule has 0 amide bonds. The number of anilines is 1. The Balaban J connectivity index is 2.40. The Hall–Kier alpha value is -1.31. The van der Waals surface area contributed by atoms with E-state index in [0.29, 0.717) is 6.04 Å². The van der Waals surface area contributed by atoms with Gasteiger partial charge in [-0.1, -0.05) is 12.1 Å². The Kier molecular flexibility index (Phi) is 1.83. The van der Waals surface area contributed by atoms with E-state index in [1.165, 1.54) is 5.56 Å². The average Bonchev–Trinajstić information content (AvgIpc) is 2.42. The van der Waals surface area contributed by atoms with Crippen LogP contribution in [0.1, 0.15) is 29.8 Å². The topological polar surface area (TPSA) is 29.1 Å². The van der Waals surface area contributed by atoms with Crippen LogP contribution in [0.15, 0.2) is 18.2 Å². The van der Waals surface area contributed by atoms with Gasteiger partial charge in [0.25, 0.3) is 0 Å². The Bertz CT molecular complexity index is 357. The molecule has 1 aromatic rings. The lowest BCUT2D eigenvalue weighted by Crippen LogP contribution is -2.08. The minimum Gasteiger partial charge on any atom is -0.382 e. The highest BCUT2D eigenvalue weighted by atomic mass is 16.1. The molecule has 1 aromatic carbocycles. The maximum Gasteiger partial charge on any atom is 0.159 e. The minimum absolute atomic E-state index is 0.129. The van der Waals surface area contributed by atoms with Crippen molar-refractivity contribution >= 4 is 11.5 Å². The molecule has 0 aliphatic carbocycles. The predicted molar refractivity (Wildman–Crippen MR) is 53.2 cm³/mol. The molecule has 0 bridgehead atoms. The van der Waals surface area contributed by atoms with Crippen molar-refractivity contribution in [1.82, 2.24) is 0 Å². The maximum atomic E-state index is 11.1. The molecule has 1 heterocycles. The zero-order chi connectivity index (χ0) is 9.42. The van der Waals surface area contributed by atoms with Crippen molar-refractivity contribution in [1.29, 1.82) is 0 Å². The van der Waals surface area contributed by atoms with Crippen LogP contribution in [0, 0.1) is 0 Å². The van der Waals surface area contributed by atoms with Gasteiger partial charge in [-0.2, -0.15) is 0 Å². The molecule has 1 aliphatic heterocycles. The van der Waals surface area contributed by atoms with Crippen LogP contribution >= 0.6 is 0 Å². The maximum absolute atomic E-state index is 11.1. The quantitative estimate of drug-likeness (QED) is 0.663. The second-order valence-corrected chi connectivity index (χ2v) is 3.68. The third-order valence-electron chi connectivity index (χ3n) is 2.44. The van der Waals surface area contributed by atoms with Crippen molar-refractivity contribution in [3.05, 3.63) is 29.3 Å². The molecule has 1 atom stereocenters. The lowest BCUT2D eigenvalue weighted by atomic mass is 10.1. The van der Waals surface area contributed by atoms with E-state index in [4.69, 9.17) is 0 Å². The summed E-state index contributed by atoms with van der Waals surface area (Å²) in [5.74, 6) is 0.129. The SMILES string of the molecule is CC(=O)c1ccc2c(c1)NC(C)C2. The first-order chi connectivity index (χ1) is 6.16. The van der Waals surface area contributed by atoms with Crippen LogP contribution in [-0.2, 0) is 6.42 Å². The van der Waals surface area contributed by atoms with Crippen molar-refractivity contribution < 1.29 is 4.79 Å². The van der Waals surface area contributed by atoms with Crippen molar-refractivity contribution in [3.63, 3.8) is 0 Å². The van der Waals surface area contributed by atoms with Crippen LogP contribution in [-0.4, -0.2) is 11.8 Å².